The minimum absolute atomic E-state index is 0.0542. The molecule has 2 aliphatic heterocycles. The van der Waals surface area contributed by atoms with Crippen LogP contribution in [-0.4, -0.2) is 43.7 Å². The summed E-state index contributed by atoms with van der Waals surface area (Å²) in [5, 5.41) is 0. The van der Waals surface area contributed by atoms with Crippen LogP contribution in [0.15, 0.2) is 18.2 Å². The highest BCUT2D eigenvalue weighted by Gasteiger charge is 2.29. The molecule has 2 aliphatic rings. The van der Waals surface area contributed by atoms with E-state index in [9.17, 15) is 4.79 Å². The Balaban J connectivity index is 1.61. The first-order valence-corrected chi connectivity index (χ1v) is 7.84. The topological polar surface area (TPSA) is 38.8 Å². The maximum Gasteiger partial charge on any atom is 0.323 e. The Morgan fingerprint density at radius 2 is 2.33 bits per heavy atom. The van der Waals surface area contributed by atoms with Crippen molar-refractivity contribution in [2.24, 2.45) is 0 Å². The van der Waals surface area contributed by atoms with Crippen molar-refractivity contribution >= 4 is 5.97 Å². The summed E-state index contributed by atoms with van der Waals surface area (Å²) >= 11 is 0. The third-order valence-corrected chi connectivity index (χ3v) is 4.53. The quantitative estimate of drug-likeness (QED) is 0.797. The highest BCUT2D eigenvalue weighted by molar-refractivity contribution is 5.75. The smallest absolute Gasteiger partial charge is 0.323 e. The molecule has 0 aliphatic carbocycles. The van der Waals surface area contributed by atoms with Crippen molar-refractivity contribution in [2.45, 2.75) is 38.1 Å². The van der Waals surface area contributed by atoms with Gasteiger partial charge in [-0.1, -0.05) is 18.6 Å². The van der Waals surface area contributed by atoms with Crippen LogP contribution < -0.4 is 4.74 Å². The molecule has 1 atom stereocenters. The lowest BCUT2D eigenvalue weighted by atomic mass is 10.0. The maximum absolute atomic E-state index is 11.9. The van der Waals surface area contributed by atoms with Crippen molar-refractivity contribution in [3.05, 3.63) is 29.3 Å². The van der Waals surface area contributed by atoms with E-state index in [1.54, 1.807) is 0 Å². The molecule has 0 N–H and O–H groups in total. The number of methoxy groups -OCH3 is 1. The van der Waals surface area contributed by atoms with Gasteiger partial charge >= 0.3 is 5.97 Å². The molecule has 0 bridgehead atoms. The van der Waals surface area contributed by atoms with E-state index in [4.69, 9.17) is 9.47 Å². The second-order valence-corrected chi connectivity index (χ2v) is 5.86. The van der Waals surface area contributed by atoms with Gasteiger partial charge < -0.3 is 9.47 Å². The first-order valence-electron chi connectivity index (χ1n) is 7.84. The van der Waals surface area contributed by atoms with Gasteiger partial charge in [-0.05, 0) is 43.0 Å². The van der Waals surface area contributed by atoms with Gasteiger partial charge in [-0.3, -0.25) is 9.69 Å². The van der Waals surface area contributed by atoms with E-state index in [-0.39, 0.29) is 12.0 Å². The van der Waals surface area contributed by atoms with Crippen LogP contribution in [0.2, 0.25) is 0 Å². The summed E-state index contributed by atoms with van der Waals surface area (Å²) in [5.74, 6) is 0.946. The van der Waals surface area contributed by atoms with Gasteiger partial charge in [-0.2, -0.15) is 0 Å². The van der Waals surface area contributed by atoms with Crippen molar-refractivity contribution in [3.63, 3.8) is 0 Å². The number of carbonyl (C=O) groups is 1. The van der Waals surface area contributed by atoms with E-state index < -0.39 is 0 Å². The lowest BCUT2D eigenvalue weighted by Crippen LogP contribution is -2.46. The van der Waals surface area contributed by atoms with Crippen LogP contribution in [0.4, 0.5) is 0 Å². The summed E-state index contributed by atoms with van der Waals surface area (Å²) in [6.07, 6.45) is 5.20. The molecule has 2 heterocycles. The number of benzene rings is 1. The average Bonchev–Trinajstić information content (AvgIpc) is 3.00. The SMILES string of the molecule is COC(=O)[C@H]1CCCCN1CCc1ccc2c(c1)CCO2. The molecule has 0 amide bonds. The van der Waals surface area contributed by atoms with Gasteiger partial charge in [-0.15, -0.1) is 0 Å². The number of hydrogen-bond donors (Lipinski definition) is 0. The van der Waals surface area contributed by atoms with Crippen LogP contribution >= 0.6 is 0 Å². The Labute approximate surface area is 126 Å². The number of hydrogen-bond acceptors (Lipinski definition) is 4. The Hall–Kier alpha value is -1.55. The fourth-order valence-electron chi connectivity index (χ4n) is 3.33. The number of piperidine rings is 1. The molecule has 0 unspecified atom stereocenters. The van der Waals surface area contributed by atoms with Gasteiger partial charge in [0.15, 0.2) is 0 Å². The molecule has 4 nitrogen and oxygen atoms in total. The Morgan fingerprint density at radius 1 is 1.43 bits per heavy atom. The van der Waals surface area contributed by atoms with Gasteiger partial charge in [0.25, 0.3) is 0 Å². The van der Waals surface area contributed by atoms with Gasteiger partial charge in [0.1, 0.15) is 11.8 Å². The minimum Gasteiger partial charge on any atom is -0.493 e. The van der Waals surface area contributed by atoms with Crippen LogP contribution in [0.25, 0.3) is 0 Å². The Morgan fingerprint density at radius 3 is 3.19 bits per heavy atom. The third kappa shape index (κ3) is 3.21. The van der Waals surface area contributed by atoms with Gasteiger partial charge in [-0.25, -0.2) is 0 Å². The fourth-order valence-corrected chi connectivity index (χ4v) is 3.33. The molecule has 114 valence electrons. The largest absolute Gasteiger partial charge is 0.493 e. The van der Waals surface area contributed by atoms with E-state index in [1.165, 1.54) is 24.7 Å². The van der Waals surface area contributed by atoms with Crippen molar-refractivity contribution in [1.29, 1.82) is 0 Å². The Kier molecular flexibility index (Phi) is 4.44. The van der Waals surface area contributed by atoms with E-state index >= 15 is 0 Å². The number of ether oxygens (including phenoxy) is 2. The molecule has 0 spiro atoms. The van der Waals surface area contributed by atoms with Crippen LogP contribution in [0.5, 0.6) is 5.75 Å². The molecule has 0 saturated carbocycles. The summed E-state index contributed by atoms with van der Waals surface area (Å²) in [5.41, 5.74) is 2.64. The highest BCUT2D eigenvalue weighted by atomic mass is 16.5. The number of nitrogens with zero attached hydrogens (tertiary/aromatic N) is 1. The zero-order valence-electron chi connectivity index (χ0n) is 12.6. The standard InChI is InChI=1S/C17H23NO3/c1-20-17(19)15-4-2-3-9-18(15)10-7-13-5-6-16-14(12-13)8-11-21-16/h5-6,12,15H,2-4,7-11H2,1H3/t15-/m1/s1. The maximum atomic E-state index is 11.9. The predicted molar refractivity (Wildman–Crippen MR) is 80.6 cm³/mol. The van der Waals surface area contributed by atoms with Crippen LogP contribution in [0.1, 0.15) is 30.4 Å². The molecule has 0 radical (unpaired) electrons. The molecule has 1 aromatic rings. The molecular weight excluding hydrogens is 266 g/mol. The van der Waals surface area contributed by atoms with Crippen LogP contribution in [-0.2, 0) is 22.4 Å². The van der Waals surface area contributed by atoms with Crippen molar-refractivity contribution in [1.82, 2.24) is 4.90 Å². The highest BCUT2D eigenvalue weighted by Crippen LogP contribution is 2.26. The second-order valence-electron chi connectivity index (χ2n) is 5.86. The molecule has 21 heavy (non-hydrogen) atoms. The normalized spacial score (nSPS) is 21.7. The monoisotopic (exact) mass is 289 g/mol. The minimum atomic E-state index is -0.0861. The van der Waals surface area contributed by atoms with Crippen LogP contribution in [0, 0.1) is 0 Å². The second kappa shape index (κ2) is 6.48. The van der Waals surface area contributed by atoms with E-state index in [0.717, 1.165) is 51.1 Å². The summed E-state index contributed by atoms with van der Waals surface area (Å²) in [6.45, 7) is 2.71. The molecule has 3 rings (SSSR count). The van der Waals surface area contributed by atoms with Gasteiger partial charge in [0, 0.05) is 13.0 Å². The summed E-state index contributed by atoms with van der Waals surface area (Å²) in [4.78, 5) is 14.1. The van der Waals surface area contributed by atoms with Gasteiger partial charge in [0.05, 0.1) is 13.7 Å². The molecular formula is C17H23NO3. The molecule has 4 heteroatoms. The van der Waals surface area contributed by atoms with Crippen molar-refractivity contribution in [2.75, 3.05) is 26.8 Å². The first-order chi connectivity index (χ1) is 10.3. The molecule has 1 aromatic carbocycles. The van der Waals surface area contributed by atoms with E-state index in [2.05, 4.69) is 23.1 Å². The average molecular weight is 289 g/mol. The number of rotatable bonds is 4. The molecule has 1 saturated heterocycles. The van der Waals surface area contributed by atoms with Crippen molar-refractivity contribution < 1.29 is 14.3 Å². The summed E-state index contributed by atoms with van der Waals surface area (Å²) < 4.78 is 10.5. The summed E-state index contributed by atoms with van der Waals surface area (Å²) in [6, 6.07) is 6.41. The van der Waals surface area contributed by atoms with Gasteiger partial charge in [0.2, 0.25) is 0 Å². The number of carbonyl (C=O) groups excluding carboxylic acids is 1. The lowest BCUT2D eigenvalue weighted by Gasteiger charge is -2.33. The zero-order valence-corrected chi connectivity index (χ0v) is 12.6. The van der Waals surface area contributed by atoms with Crippen molar-refractivity contribution in [3.8, 4) is 5.75 Å². The predicted octanol–water partition coefficient (Wildman–Crippen LogP) is 2.19. The molecule has 1 fully saturated rings. The van der Waals surface area contributed by atoms with E-state index in [0.29, 0.717) is 0 Å². The fraction of sp³-hybridized carbons (Fsp3) is 0.588. The lowest BCUT2D eigenvalue weighted by molar-refractivity contribution is -0.148. The number of esters is 1. The summed E-state index contributed by atoms with van der Waals surface area (Å²) in [7, 11) is 1.48. The Bertz CT molecular complexity index is 515. The van der Waals surface area contributed by atoms with Crippen LogP contribution in [0.3, 0.4) is 0 Å². The zero-order chi connectivity index (χ0) is 14.7. The number of fused-ring (bicyclic) bond motifs is 1. The molecule has 0 aromatic heterocycles. The van der Waals surface area contributed by atoms with E-state index in [1.807, 2.05) is 0 Å². The number of likely N-dealkylation sites (tertiary alicyclic amines) is 1. The first kappa shape index (κ1) is 14.4. The third-order valence-electron chi connectivity index (χ3n) is 4.53.